The number of H-pyrrole nitrogens is 1. The predicted octanol–water partition coefficient (Wildman–Crippen LogP) is 7.41. The normalized spacial score (nSPS) is 18.7. The van der Waals surface area contributed by atoms with E-state index in [1.54, 1.807) is 11.2 Å². The summed E-state index contributed by atoms with van der Waals surface area (Å²) in [5.41, 5.74) is 8.77. The van der Waals surface area contributed by atoms with Crippen molar-refractivity contribution in [2.45, 2.75) is 77.7 Å². The van der Waals surface area contributed by atoms with Gasteiger partial charge in [0.05, 0.1) is 17.1 Å². The summed E-state index contributed by atoms with van der Waals surface area (Å²) < 4.78 is 5.26. The highest BCUT2D eigenvalue weighted by atomic mass is 16.5. The maximum Gasteiger partial charge on any atom is 0.328 e. The van der Waals surface area contributed by atoms with Gasteiger partial charge < -0.3 is 24.6 Å². The van der Waals surface area contributed by atoms with Crippen LogP contribution in [-0.4, -0.2) is 87.1 Å². The molecule has 2 atom stereocenters. The molecule has 3 aliphatic rings. The van der Waals surface area contributed by atoms with Crippen LogP contribution in [0.25, 0.3) is 33.2 Å². The lowest BCUT2D eigenvalue weighted by Gasteiger charge is -2.35. The van der Waals surface area contributed by atoms with E-state index in [4.69, 9.17) is 9.51 Å². The monoisotopic (exact) mass is 808 g/mol. The summed E-state index contributed by atoms with van der Waals surface area (Å²) >= 11 is 0. The molecular formula is C46H52N10O4. The Morgan fingerprint density at radius 1 is 0.950 bits per heavy atom. The molecule has 0 unspecified atom stereocenters. The number of hydrogen-bond acceptors (Lipinski definition) is 10. The highest BCUT2D eigenvalue weighted by molar-refractivity contribution is 6.12. The van der Waals surface area contributed by atoms with Crippen LogP contribution in [0.15, 0.2) is 71.5 Å². The van der Waals surface area contributed by atoms with Gasteiger partial charge in [0.15, 0.2) is 5.82 Å². The van der Waals surface area contributed by atoms with Gasteiger partial charge in [0.25, 0.3) is 0 Å². The van der Waals surface area contributed by atoms with Crippen LogP contribution < -0.4 is 20.4 Å². The summed E-state index contributed by atoms with van der Waals surface area (Å²) in [6.07, 6.45) is 5.39. The second-order valence-electron chi connectivity index (χ2n) is 17.8. The van der Waals surface area contributed by atoms with E-state index in [1.165, 1.54) is 11.3 Å². The second kappa shape index (κ2) is 15.8. The number of nitrogens with one attached hydrogen (secondary N) is 3. The first-order chi connectivity index (χ1) is 28.9. The number of fused-ring (bicyclic) bond motifs is 3. The number of aromatic nitrogens is 5. The first-order valence-corrected chi connectivity index (χ1v) is 21.1. The topological polar surface area (TPSA) is 165 Å². The first kappa shape index (κ1) is 39.3. The zero-order valence-electron chi connectivity index (χ0n) is 34.9. The molecule has 4 amide bonds. The Balaban J connectivity index is 0.820. The van der Waals surface area contributed by atoms with Gasteiger partial charge in [0.2, 0.25) is 5.91 Å². The molecule has 0 spiro atoms. The summed E-state index contributed by atoms with van der Waals surface area (Å²) in [7, 11) is 0. The Labute approximate surface area is 349 Å². The zero-order chi connectivity index (χ0) is 41.7. The van der Waals surface area contributed by atoms with Crippen LogP contribution >= 0.6 is 0 Å². The van der Waals surface area contributed by atoms with E-state index in [0.717, 1.165) is 102 Å². The lowest BCUT2D eigenvalue weighted by molar-refractivity contribution is -0.120. The fourth-order valence-electron chi connectivity index (χ4n) is 9.15. The fourth-order valence-corrected chi connectivity index (χ4v) is 9.15. The Morgan fingerprint density at radius 3 is 2.47 bits per heavy atom. The molecule has 14 nitrogen and oxygen atoms in total. The van der Waals surface area contributed by atoms with Gasteiger partial charge in [-0.25, -0.2) is 14.8 Å². The van der Waals surface area contributed by atoms with Crippen LogP contribution in [0.4, 0.5) is 16.2 Å². The third-order valence-electron chi connectivity index (χ3n) is 12.5. The first-order valence-electron chi connectivity index (χ1n) is 21.1. The molecule has 3 N–H and O–H groups in total. The average molecular weight is 809 g/mol. The summed E-state index contributed by atoms with van der Waals surface area (Å²) in [4.78, 5) is 60.8. The number of hydrogen-bond donors (Lipinski definition) is 3. The van der Waals surface area contributed by atoms with Crippen LogP contribution in [0, 0.1) is 12.8 Å². The molecule has 3 aromatic heterocycles. The number of nitrogens with zero attached hydrogens (tertiary/aromatic N) is 7. The summed E-state index contributed by atoms with van der Waals surface area (Å²) in [6, 6.07) is 20.6. The molecule has 3 saturated heterocycles. The molecule has 14 heteroatoms. The van der Waals surface area contributed by atoms with Gasteiger partial charge in [-0.15, -0.1) is 0 Å². The van der Waals surface area contributed by atoms with Crippen LogP contribution in [0.3, 0.4) is 0 Å². The minimum absolute atomic E-state index is 0.0425. The van der Waals surface area contributed by atoms with Gasteiger partial charge in [-0.3, -0.25) is 19.8 Å². The molecule has 310 valence electrons. The Hall–Kier alpha value is -6.15. The molecule has 0 saturated carbocycles. The molecule has 0 radical (unpaired) electrons. The number of piperidine rings is 1. The number of anilines is 2. The molecule has 3 aliphatic heterocycles. The number of imide groups is 1. The van der Waals surface area contributed by atoms with Crippen LogP contribution in [0.2, 0.25) is 0 Å². The third-order valence-corrected chi connectivity index (χ3v) is 12.5. The highest BCUT2D eigenvalue weighted by Crippen LogP contribution is 2.37. The largest absolute Gasteiger partial charge is 0.372 e. The molecular weight excluding hydrogens is 757 g/mol. The number of aryl methyl sites for hydroxylation is 1. The quantitative estimate of drug-likeness (QED) is 0.134. The average Bonchev–Trinajstić information content (AvgIpc) is 4.00. The maximum atomic E-state index is 13.0. The molecule has 9 rings (SSSR count). The lowest BCUT2D eigenvalue weighted by atomic mass is 9.95. The molecule has 6 aromatic rings. The number of benzene rings is 3. The smallest absolute Gasteiger partial charge is 0.328 e. The van der Waals surface area contributed by atoms with E-state index in [2.05, 4.69) is 83.0 Å². The molecule has 60 heavy (non-hydrogen) atoms. The van der Waals surface area contributed by atoms with Crippen molar-refractivity contribution < 1.29 is 18.9 Å². The van der Waals surface area contributed by atoms with Gasteiger partial charge in [0, 0.05) is 72.4 Å². The van der Waals surface area contributed by atoms with Crippen molar-refractivity contribution in [2.24, 2.45) is 5.92 Å². The fraction of sp³-hybridized carbons (Fsp3) is 0.413. The summed E-state index contributed by atoms with van der Waals surface area (Å²) in [5.74, 6) is 0.969. The molecule has 3 aromatic carbocycles. The van der Waals surface area contributed by atoms with Crippen LogP contribution in [0.1, 0.15) is 98.5 Å². The Bertz CT molecular complexity index is 2580. The number of amides is 4. The predicted molar refractivity (Wildman–Crippen MR) is 231 cm³/mol. The highest BCUT2D eigenvalue weighted by Gasteiger charge is 2.30. The zero-order valence-corrected chi connectivity index (χ0v) is 34.9. The Morgan fingerprint density at radius 2 is 1.73 bits per heavy atom. The van der Waals surface area contributed by atoms with Crippen molar-refractivity contribution in [3.05, 3.63) is 95.4 Å². The number of aromatic amines is 1. The van der Waals surface area contributed by atoms with Gasteiger partial charge in [-0.05, 0) is 105 Å². The van der Waals surface area contributed by atoms with E-state index in [0.29, 0.717) is 30.6 Å². The van der Waals surface area contributed by atoms with Crippen molar-refractivity contribution in [1.29, 1.82) is 0 Å². The SMILES string of the molecule is Cc1cc(-c2ncnc3[nH]c4cc([C@H]5CCN(CC6CCN(c7ccc(N8CCC(=O)NC8=O)cc7)CC6)C5)ccc4c23)ccc1[C@@H](C)NC(=O)c1nc(C(C)(C)C)no1. The van der Waals surface area contributed by atoms with E-state index in [-0.39, 0.29) is 29.3 Å². The molecule has 6 heterocycles. The van der Waals surface area contributed by atoms with Crippen molar-refractivity contribution in [3.8, 4) is 11.3 Å². The maximum absolute atomic E-state index is 13.0. The number of carbonyl (C=O) groups excluding carboxylic acids is 3. The summed E-state index contributed by atoms with van der Waals surface area (Å²) in [5, 5.41) is 11.5. The number of urea groups is 1. The van der Waals surface area contributed by atoms with E-state index < -0.39 is 5.91 Å². The van der Waals surface area contributed by atoms with Gasteiger partial charge in [0.1, 0.15) is 12.0 Å². The van der Waals surface area contributed by atoms with Gasteiger partial charge >= 0.3 is 17.8 Å². The van der Waals surface area contributed by atoms with Crippen LogP contribution in [-0.2, 0) is 10.2 Å². The standard InChI is InChI=1S/C46H52N10O4/c1-27-22-31(7-12-35(27)28(2)49-42(58)43-52-44(53-60-43)46(3,4)5)40-39-36-13-6-30(23-37(36)50-41(39)48-26-47-40)32-16-18-54(25-32)24-29-14-19-55(20-15-29)33-8-10-34(11-9-33)56-21-17-38(57)51-45(56)59/h6-13,22-23,26,28-29,32H,14-21,24-25H2,1-5H3,(H,49,58)(H,47,48,50)(H,51,57,59)/t28-,32+/m1/s1. The van der Waals surface area contributed by atoms with Crippen molar-refractivity contribution in [2.75, 3.05) is 49.1 Å². The molecule has 0 bridgehead atoms. The van der Waals surface area contributed by atoms with Crippen molar-refractivity contribution in [1.82, 2.24) is 40.6 Å². The van der Waals surface area contributed by atoms with E-state index in [9.17, 15) is 14.4 Å². The minimum Gasteiger partial charge on any atom is -0.372 e. The third kappa shape index (κ3) is 7.83. The van der Waals surface area contributed by atoms with Crippen LogP contribution in [0.5, 0.6) is 0 Å². The summed E-state index contributed by atoms with van der Waals surface area (Å²) in [6.45, 7) is 15.7. The number of carbonyl (C=O) groups is 3. The number of likely N-dealkylation sites (tertiary alicyclic amines) is 1. The van der Waals surface area contributed by atoms with Gasteiger partial charge in [-0.1, -0.05) is 50.2 Å². The number of rotatable bonds is 9. The second-order valence-corrected chi connectivity index (χ2v) is 17.8. The van der Waals surface area contributed by atoms with Crippen molar-refractivity contribution >= 4 is 51.2 Å². The van der Waals surface area contributed by atoms with E-state index >= 15 is 0 Å². The van der Waals surface area contributed by atoms with Gasteiger partial charge in [-0.2, -0.15) is 4.98 Å². The Kier molecular flexibility index (Phi) is 10.3. The van der Waals surface area contributed by atoms with E-state index in [1.807, 2.05) is 52.8 Å². The van der Waals surface area contributed by atoms with Crippen molar-refractivity contribution in [3.63, 3.8) is 0 Å². The lowest BCUT2D eigenvalue weighted by Crippen LogP contribution is -2.49. The minimum atomic E-state index is -0.402. The molecule has 0 aliphatic carbocycles. The molecule has 3 fully saturated rings.